The minimum Gasteiger partial charge on any atom is -0.391 e. The van der Waals surface area contributed by atoms with E-state index in [0.29, 0.717) is 10.2 Å². The third-order valence-corrected chi connectivity index (χ3v) is 3.50. The van der Waals surface area contributed by atoms with E-state index in [1.54, 1.807) is 12.1 Å². The van der Waals surface area contributed by atoms with E-state index >= 15 is 0 Å². The van der Waals surface area contributed by atoms with Gasteiger partial charge in [-0.3, -0.25) is 4.79 Å². The van der Waals surface area contributed by atoms with Gasteiger partial charge in [-0.25, -0.2) is 4.98 Å². The van der Waals surface area contributed by atoms with Crippen molar-refractivity contribution in [1.29, 1.82) is 0 Å². The van der Waals surface area contributed by atoms with Gasteiger partial charge in [0.15, 0.2) is 0 Å². The Hall–Kier alpha value is -0.940. The molecule has 5 heteroatoms. The number of hydrogen-bond donors (Lipinski definition) is 2. The first-order valence-corrected chi connectivity index (χ1v) is 6.56. The Bertz CT molecular complexity index is 394. The van der Waals surface area contributed by atoms with E-state index in [9.17, 15) is 9.90 Å². The average molecular weight is 299 g/mol. The Morgan fingerprint density at radius 3 is 2.82 bits per heavy atom. The second-order valence-electron chi connectivity index (χ2n) is 4.30. The van der Waals surface area contributed by atoms with Crippen LogP contribution in [0.3, 0.4) is 0 Å². The van der Waals surface area contributed by atoms with Gasteiger partial charge in [0.2, 0.25) is 0 Å². The van der Waals surface area contributed by atoms with Crippen molar-refractivity contribution in [1.82, 2.24) is 10.3 Å². The molecule has 0 unspecified atom stereocenters. The Morgan fingerprint density at radius 1 is 1.41 bits per heavy atom. The summed E-state index contributed by atoms with van der Waals surface area (Å²) in [5.41, 5.74) is 0.519. The highest BCUT2D eigenvalue weighted by atomic mass is 79.9. The fourth-order valence-electron chi connectivity index (χ4n) is 2.04. The molecule has 4 nitrogen and oxygen atoms in total. The number of rotatable bonds is 2. The molecule has 0 saturated heterocycles. The maximum Gasteiger partial charge on any atom is 0.253 e. The van der Waals surface area contributed by atoms with Gasteiger partial charge < -0.3 is 10.4 Å². The number of aliphatic hydroxyl groups is 1. The summed E-state index contributed by atoms with van der Waals surface area (Å²) in [6.07, 6.45) is 4.80. The van der Waals surface area contributed by atoms with Crippen LogP contribution in [0.4, 0.5) is 0 Å². The summed E-state index contributed by atoms with van der Waals surface area (Å²) in [6.45, 7) is 0. The van der Waals surface area contributed by atoms with Crippen molar-refractivity contribution < 1.29 is 9.90 Å². The van der Waals surface area contributed by atoms with Gasteiger partial charge in [0.25, 0.3) is 5.91 Å². The number of hydrogen-bond acceptors (Lipinski definition) is 3. The van der Waals surface area contributed by atoms with Crippen LogP contribution < -0.4 is 5.32 Å². The second kappa shape index (κ2) is 5.60. The number of aromatic nitrogens is 1. The van der Waals surface area contributed by atoms with E-state index in [4.69, 9.17) is 0 Å². The topological polar surface area (TPSA) is 62.2 Å². The fraction of sp³-hybridized carbons (Fsp3) is 0.500. The van der Waals surface area contributed by atoms with Crippen molar-refractivity contribution in [3.05, 3.63) is 28.5 Å². The van der Waals surface area contributed by atoms with Crippen LogP contribution in [0.2, 0.25) is 0 Å². The molecule has 2 N–H and O–H groups in total. The van der Waals surface area contributed by atoms with Crippen molar-refractivity contribution >= 4 is 21.8 Å². The first kappa shape index (κ1) is 12.5. The van der Waals surface area contributed by atoms with Crippen molar-refractivity contribution in [2.45, 2.75) is 37.8 Å². The number of carbonyl (C=O) groups is 1. The van der Waals surface area contributed by atoms with Crippen LogP contribution in [-0.2, 0) is 0 Å². The molecule has 17 heavy (non-hydrogen) atoms. The van der Waals surface area contributed by atoms with Gasteiger partial charge in [-0.2, -0.15) is 0 Å². The van der Waals surface area contributed by atoms with Crippen LogP contribution in [-0.4, -0.2) is 28.1 Å². The van der Waals surface area contributed by atoms with E-state index in [2.05, 4.69) is 26.2 Å². The highest BCUT2D eigenvalue weighted by molar-refractivity contribution is 9.10. The predicted octanol–water partition coefficient (Wildman–Crippen LogP) is 1.88. The molecule has 92 valence electrons. The van der Waals surface area contributed by atoms with Crippen LogP contribution in [0.25, 0.3) is 0 Å². The molecule has 1 saturated carbocycles. The molecular formula is C12H15BrN2O2. The zero-order chi connectivity index (χ0) is 12.3. The van der Waals surface area contributed by atoms with E-state index in [0.717, 1.165) is 25.7 Å². The lowest BCUT2D eigenvalue weighted by atomic mass is 9.92. The zero-order valence-electron chi connectivity index (χ0n) is 9.40. The summed E-state index contributed by atoms with van der Waals surface area (Å²) >= 11 is 3.22. The van der Waals surface area contributed by atoms with Gasteiger partial charge in [-0.15, -0.1) is 0 Å². The molecule has 0 aliphatic heterocycles. The fourth-order valence-corrected chi connectivity index (χ4v) is 2.28. The van der Waals surface area contributed by atoms with Crippen LogP contribution in [0, 0.1) is 0 Å². The molecule has 1 amide bonds. The Morgan fingerprint density at radius 2 is 2.18 bits per heavy atom. The summed E-state index contributed by atoms with van der Waals surface area (Å²) < 4.78 is 0.701. The molecule has 1 aliphatic rings. The summed E-state index contributed by atoms with van der Waals surface area (Å²) in [4.78, 5) is 15.9. The normalized spacial score (nSPS) is 24.4. The van der Waals surface area contributed by atoms with Gasteiger partial charge in [-0.1, -0.05) is 12.8 Å². The van der Waals surface area contributed by atoms with Crippen molar-refractivity contribution in [2.24, 2.45) is 0 Å². The lowest BCUT2D eigenvalue weighted by molar-refractivity contribution is 0.0717. The Kier molecular flexibility index (Phi) is 4.12. The summed E-state index contributed by atoms with van der Waals surface area (Å²) in [6, 6.07) is 3.31. The van der Waals surface area contributed by atoms with Crippen LogP contribution in [0.5, 0.6) is 0 Å². The number of pyridine rings is 1. The lowest BCUT2D eigenvalue weighted by Crippen LogP contribution is -2.45. The maximum absolute atomic E-state index is 11.9. The third kappa shape index (κ3) is 3.26. The minimum absolute atomic E-state index is 0.125. The molecule has 1 fully saturated rings. The molecule has 1 aromatic rings. The summed E-state index contributed by atoms with van der Waals surface area (Å²) in [5, 5.41) is 12.6. The lowest BCUT2D eigenvalue weighted by Gasteiger charge is -2.28. The zero-order valence-corrected chi connectivity index (χ0v) is 11.0. The number of nitrogens with one attached hydrogen (secondary N) is 1. The van der Waals surface area contributed by atoms with Gasteiger partial charge in [0.05, 0.1) is 17.7 Å². The standard InChI is InChI=1S/C12H15BrN2O2/c13-11-6-5-8(7-14-11)12(17)15-9-3-1-2-4-10(9)16/h5-7,9-10,16H,1-4H2,(H,15,17)/t9-,10-/m1/s1. The number of carbonyl (C=O) groups excluding carboxylic acids is 1. The molecule has 0 spiro atoms. The summed E-state index contributed by atoms with van der Waals surface area (Å²) in [7, 11) is 0. The number of aliphatic hydroxyl groups excluding tert-OH is 1. The van der Waals surface area contributed by atoms with E-state index in [1.165, 1.54) is 6.20 Å². The third-order valence-electron chi connectivity index (χ3n) is 3.04. The largest absolute Gasteiger partial charge is 0.391 e. The molecule has 1 heterocycles. The molecular weight excluding hydrogens is 284 g/mol. The molecule has 1 aromatic heterocycles. The maximum atomic E-state index is 11.9. The Labute approximate surface area is 109 Å². The van der Waals surface area contributed by atoms with E-state index < -0.39 is 6.10 Å². The first-order chi connectivity index (χ1) is 8.16. The molecule has 0 aromatic carbocycles. The Balaban J connectivity index is 1.98. The number of halogens is 1. The number of amides is 1. The molecule has 2 rings (SSSR count). The smallest absolute Gasteiger partial charge is 0.253 e. The quantitative estimate of drug-likeness (QED) is 0.820. The average Bonchev–Trinajstić information content (AvgIpc) is 2.33. The van der Waals surface area contributed by atoms with E-state index in [1.807, 2.05) is 0 Å². The minimum atomic E-state index is -0.420. The molecule has 2 atom stereocenters. The highest BCUT2D eigenvalue weighted by Gasteiger charge is 2.24. The van der Waals surface area contributed by atoms with Gasteiger partial charge in [0.1, 0.15) is 4.60 Å². The number of nitrogens with zero attached hydrogens (tertiary/aromatic N) is 1. The molecule has 0 bridgehead atoms. The van der Waals surface area contributed by atoms with Gasteiger partial charge in [0, 0.05) is 6.20 Å². The van der Waals surface area contributed by atoms with Crippen LogP contribution >= 0.6 is 15.9 Å². The second-order valence-corrected chi connectivity index (χ2v) is 5.11. The van der Waals surface area contributed by atoms with Gasteiger partial charge in [-0.05, 0) is 40.9 Å². The van der Waals surface area contributed by atoms with Gasteiger partial charge >= 0.3 is 0 Å². The SMILES string of the molecule is O=C(N[C@@H]1CCCC[C@H]1O)c1ccc(Br)nc1. The monoisotopic (exact) mass is 298 g/mol. The van der Waals surface area contributed by atoms with Crippen molar-refractivity contribution in [3.63, 3.8) is 0 Å². The van der Waals surface area contributed by atoms with Crippen LogP contribution in [0.1, 0.15) is 36.0 Å². The molecule has 1 aliphatic carbocycles. The van der Waals surface area contributed by atoms with Crippen molar-refractivity contribution in [2.75, 3.05) is 0 Å². The predicted molar refractivity (Wildman–Crippen MR) is 67.7 cm³/mol. The molecule has 0 radical (unpaired) electrons. The van der Waals surface area contributed by atoms with Crippen molar-refractivity contribution in [3.8, 4) is 0 Å². The highest BCUT2D eigenvalue weighted by Crippen LogP contribution is 2.18. The summed E-state index contributed by atoms with van der Waals surface area (Å²) in [5.74, 6) is -0.170. The van der Waals surface area contributed by atoms with E-state index in [-0.39, 0.29) is 11.9 Å². The first-order valence-electron chi connectivity index (χ1n) is 5.77. The van der Waals surface area contributed by atoms with Crippen LogP contribution in [0.15, 0.2) is 22.9 Å².